The molecule has 3 amide bonds. The summed E-state index contributed by atoms with van der Waals surface area (Å²) in [4.78, 5) is 43.0. The summed E-state index contributed by atoms with van der Waals surface area (Å²) < 4.78 is 5.65. The van der Waals surface area contributed by atoms with Gasteiger partial charge in [0.1, 0.15) is 5.75 Å². The van der Waals surface area contributed by atoms with Crippen LogP contribution in [0.1, 0.15) is 46.1 Å². The summed E-state index contributed by atoms with van der Waals surface area (Å²) in [5.41, 5.74) is 0.990. The largest absolute Gasteiger partial charge is 0.484 e. The molecule has 2 heterocycles. The molecule has 2 aliphatic heterocycles. The van der Waals surface area contributed by atoms with Crippen LogP contribution in [0.15, 0.2) is 24.3 Å². The summed E-state index contributed by atoms with van der Waals surface area (Å²) in [5.74, 6) is 0.402. The standard InChI is InChI=1S/C24H35N3O4/c1-5-6-18-7-9-20(10-8-18)31-17-22(29)25-11-13-26(14-12-25)23(30)19-15-21(28)27(16-19)24(2,3)4/h7-10,19H,5-6,11-17H2,1-4H3. The number of hydrogen-bond acceptors (Lipinski definition) is 4. The fourth-order valence-corrected chi connectivity index (χ4v) is 4.23. The SMILES string of the molecule is CCCc1ccc(OCC(=O)N2CCN(C(=O)C3CC(=O)N(C(C)(C)C)C3)CC2)cc1. The van der Waals surface area contributed by atoms with Gasteiger partial charge in [-0.3, -0.25) is 14.4 Å². The first-order chi connectivity index (χ1) is 14.7. The van der Waals surface area contributed by atoms with Crippen LogP contribution in [0.25, 0.3) is 0 Å². The Bertz CT molecular complexity index is 792. The minimum absolute atomic E-state index is 0.00125. The maximum absolute atomic E-state index is 12.9. The van der Waals surface area contributed by atoms with Gasteiger partial charge in [0, 0.05) is 44.7 Å². The van der Waals surface area contributed by atoms with Crippen molar-refractivity contribution in [3.8, 4) is 5.75 Å². The van der Waals surface area contributed by atoms with E-state index in [9.17, 15) is 14.4 Å². The third kappa shape index (κ3) is 5.77. The lowest BCUT2D eigenvalue weighted by molar-refractivity contribution is -0.142. The van der Waals surface area contributed by atoms with Crippen molar-refractivity contribution in [3.05, 3.63) is 29.8 Å². The van der Waals surface area contributed by atoms with Crippen molar-refractivity contribution in [2.24, 2.45) is 5.92 Å². The second-order valence-corrected chi connectivity index (χ2v) is 9.46. The number of piperazine rings is 1. The number of benzene rings is 1. The minimum atomic E-state index is -0.284. The number of nitrogens with zero attached hydrogens (tertiary/aromatic N) is 3. The lowest BCUT2D eigenvalue weighted by atomic mass is 10.1. The quantitative estimate of drug-likeness (QED) is 0.696. The number of likely N-dealkylation sites (tertiary alicyclic amines) is 1. The van der Waals surface area contributed by atoms with Crippen molar-refractivity contribution in [2.45, 2.75) is 52.5 Å². The Morgan fingerprint density at radius 3 is 2.19 bits per heavy atom. The van der Waals surface area contributed by atoms with E-state index in [-0.39, 0.29) is 42.2 Å². The maximum atomic E-state index is 12.9. The van der Waals surface area contributed by atoms with Crippen LogP contribution in [-0.4, -0.2) is 77.3 Å². The van der Waals surface area contributed by atoms with Crippen LogP contribution >= 0.6 is 0 Å². The highest BCUT2D eigenvalue weighted by Gasteiger charge is 2.41. The average Bonchev–Trinajstić information content (AvgIpc) is 3.15. The van der Waals surface area contributed by atoms with E-state index in [1.807, 2.05) is 45.0 Å². The van der Waals surface area contributed by atoms with Gasteiger partial charge in [0.2, 0.25) is 11.8 Å². The lowest BCUT2D eigenvalue weighted by Gasteiger charge is -2.36. The van der Waals surface area contributed by atoms with Gasteiger partial charge in [-0.1, -0.05) is 25.5 Å². The van der Waals surface area contributed by atoms with Crippen LogP contribution in [0.3, 0.4) is 0 Å². The molecule has 7 nitrogen and oxygen atoms in total. The van der Waals surface area contributed by atoms with Gasteiger partial charge in [-0.15, -0.1) is 0 Å². The maximum Gasteiger partial charge on any atom is 0.260 e. The molecule has 0 aromatic heterocycles. The number of carbonyl (C=O) groups is 3. The molecule has 170 valence electrons. The zero-order valence-electron chi connectivity index (χ0n) is 19.2. The molecule has 1 unspecified atom stereocenters. The van der Waals surface area contributed by atoms with Gasteiger partial charge >= 0.3 is 0 Å². The highest BCUT2D eigenvalue weighted by atomic mass is 16.5. The second kappa shape index (κ2) is 9.71. The Labute approximate surface area is 185 Å². The van der Waals surface area contributed by atoms with Gasteiger partial charge in [0.25, 0.3) is 5.91 Å². The summed E-state index contributed by atoms with van der Waals surface area (Å²) in [5, 5.41) is 0. The molecule has 31 heavy (non-hydrogen) atoms. The fraction of sp³-hybridized carbons (Fsp3) is 0.625. The molecular formula is C24H35N3O4. The van der Waals surface area contributed by atoms with Crippen molar-refractivity contribution >= 4 is 17.7 Å². The zero-order valence-corrected chi connectivity index (χ0v) is 19.2. The normalized spacial score (nSPS) is 19.7. The first kappa shape index (κ1) is 23.1. The van der Waals surface area contributed by atoms with Gasteiger partial charge < -0.3 is 19.4 Å². The van der Waals surface area contributed by atoms with Crippen molar-refractivity contribution in [2.75, 3.05) is 39.3 Å². The Balaban J connectivity index is 1.44. The fourth-order valence-electron chi connectivity index (χ4n) is 4.23. The van der Waals surface area contributed by atoms with E-state index in [1.165, 1.54) is 5.56 Å². The Morgan fingerprint density at radius 1 is 1.03 bits per heavy atom. The molecule has 0 spiro atoms. The predicted octanol–water partition coefficient (Wildman–Crippen LogP) is 2.34. The van der Waals surface area contributed by atoms with Crippen LogP contribution in [-0.2, 0) is 20.8 Å². The van der Waals surface area contributed by atoms with E-state index in [1.54, 1.807) is 14.7 Å². The van der Waals surface area contributed by atoms with Crippen molar-refractivity contribution in [1.29, 1.82) is 0 Å². The van der Waals surface area contributed by atoms with Crippen LogP contribution in [0.5, 0.6) is 5.75 Å². The summed E-state index contributed by atoms with van der Waals surface area (Å²) in [6.07, 6.45) is 2.41. The van der Waals surface area contributed by atoms with Crippen LogP contribution < -0.4 is 4.74 Å². The molecule has 0 bridgehead atoms. The van der Waals surface area contributed by atoms with E-state index < -0.39 is 0 Å². The van der Waals surface area contributed by atoms with Gasteiger partial charge in [-0.25, -0.2) is 0 Å². The van der Waals surface area contributed by atoms with E-state index in [0.29, 0.717) is 38.5 Å². The Kier molecular flexibility index (Phi) is 7.23. The highest BCUT2D eigenvalue weighted by molar-refractivity contribution is 5.89. The van der Waals surface area contributed by atoms with Crippen molar-refractivity contribution in [1.82, 2.24) is 14.7 Å². The average molecular weight is 430 g/mol. The van der Waals surface area contributed by atoms with Crippen LogP contribution in [0.2, 0.25) is 0 Å². The number of rotatable bonds is 6. The Hall–Kier alpha value is -2.57. The van der Waals surface area contributed by atoms with Crippen LogP contribution in [0, 0.1) is 5.92 Å². The third-order valence-electron chi connectivity index (χ3n) is 6.05. The number of carbonyl (C=O) groups excluding carboxylic acids is 3. The number of aryl methyl sites for hydroxylation is 1. The number of amides is 3. The molecule has 0 N–H and O–H groups in total. The molecule has 7 heteroatoms. The first-order valence-electron chi connectivity index (χ1n) is 11.3. The zero-order chi connectivity index (χ0) is 22.6. The second-order valence-electron chi connectivity index (χ2n) is 9.46. The monoisotopic (exact) mass is 429 g/mol. The summed E-state index contributed by atoms with van der Waals surface area (Å²) in [6, 6.07) is 7.86. The summed E-state index contributed by atoms with van der Waals surface area (Å²) in [6.45, 7) is 10.6. The molecule has 2 saturated heterocycles. The van der Waals surface area contributed by atoms with Crippen LogP contribution in [0.4, 0.5) is 0 Å². The van der Waals surface area contributed by atoms with Gasteiger partial charge in [0.05, 0.1) is 5.92 Å². The van der Waals surface area contributed by atoms with E-state index >= 15 is 0 Å². The predicted molar refractivity (Wildman–Crippen MR) is 119 cm³/mol. The molecule has 1 aromatic carbocycles. The minimum Gasteiger partial charge on any atom is -0.484 e. The van der Waals surface area contributed by atoms with Crippen molar-refractivity contribution < 1.29 is 19.1 Å². The van der Waals surface area contributed by atoms with E-state index in [4.69, 9.17) is 4.74 Å². The molecule has 3 rings (SSSR count). The van der Waals surface area contributed by atoms with Gasteiger partial charge in [0.15, 0.2) is 6.61 Å². The summed E-state index contributed by atoms with van der Waals surface area (Å²) in [7, 11) is 0. The molecule has 0 aliphatic carbocycles. The van der Waals surface area contributed by atoms with E-state index in [0.717, 1.165) is 12.8 Å². The first-order valence-corrected chi connectivity index (χ1v) is 11.3. The Morgan fingerprint density at radius 2 is 1.65 bits per heavy atom. The molecule has 2 fully saturated rings. The van der Waals surface area contributed by atoms with Crippen molar-refractivity contribution in [3.63, 3.8) is 0 Å². The molecule has 0 saturated carbocycles. The lowest BCUT2D eigenvalue weighted by Crippen LogP contribution is -2.53. The molecule has 1 atom stereocenters. The molecule has 2 aliphatic rings. The smallest absolute Gasteiger partial charge is 0.260 e. The molecular weight excluding hydrogens is 394 g/mol. The summed E-state index contributed by atoms with van der Waals surface area (Å²) >= 11 is 0. The van der Waals surface area contributed by atoms with Gasteiger partial charge in [-0.2, -0.15) is 0 Å². The number of ether oxygens (including phenoxy) is 1. The molecule has 1 aromatic rings. The number of hydrogen-bond donors (Lipinski definition) is 0. The third-order valence-corrected chi connectivity index (χ3v) is 6.05. The topological polar surface area (TPSA) is 70.2 Å². The van der Waals surface area contributed by atoms with Gasteiger partial charge in [-0.05, 0) is 44.9 Å². The van der Waals surface area contributed by atoms with E-state index in [2.05, 4.69) is 6.92 Å². The highest BCUT2D eigenvalue weighted by Crippen LogP contribution is 2.27. The molecule has 0 radical (unpaired) electrons.